The molecule has 0 aromatic carbocycles. The minimum absolute atomic E-state index is 0.278. The van der Waals surface area contributed by atoms with Crippen molar-refractivity contribution in [1.29, 1.82) is 0 Å². The lowest BCUT2D eigenvalue weighted by molar-refractivity contribution is 0.0892. The van der Waals surface area contributed by atoms with Crippen LogP contribution < -0.4 is 10.6 Å². The second-order valence-corrected chi connectivity index (χ2v) is 6.16. The molecule has 6 heteroatoms. The van der Waals surface area contributed by atoms with Crippen LogP contribution in [0.2, 0.25) is 0 Å². The number of anilines is 2. The number of ether oxygens (including phenoxy) is 1. The van der Waals surface area contributed by atoms with E-state index in [2.05, 4.69) is 27.9 Å². The molecule has 3 rings (SSSR count). The third kappa shape index (κ3) is 2.37. The van der Waals surface area contributed by atoms with Crippen LogP contribution in [0.3, 0.4) is 0 Å². The number of piperidine rings is 1. The molecule has 1 fully saturated rings. The summed E-state index contributed by atoms with van der Waals surface area (Å²) in [5.41, 5.74) is 5.83. The van der Waals surface area contributed by atoms with E-state index in [1.54, 1.807) is 18.4 Å². The monoisotopic (exact) mass is 278 g/mol. The molecular weight excluding hydrogens is 260 g/mol. The lowest BCUT2D eigenvalue weighted by atomic mass is 10.1. The van der Waals surface area contributed by atoms with Crippen molar-refractivity contribution in [3.05, 3.63) is 10.9 Å². The van der Waals surface area contributed by atoms with E-state index in [0.717, 1.165) is 42.0 Å². The van der Waals surface area contributed by atoms with Crippen LogP contribution in [0.15, 0.2) is 6.07 Å². The fourth-order valence-corrected chi connectivity index (χ4v) is 3.49. The van der Waals surface area contributed by atoms with Crippen molar-refractivity contribution in [2.75, 3.05) is 30.8 Å². The van der Waals surface area contributed by atoms with E-state index in [9.17, 15) is 0 Å². The number of thiophene rings is 1. The average molecular weight is 278 g/mol. The Hall–Kier alpha value is -1.40. The van der Waals surface area contributed by atoms with Gasteiger partial charge in [0, 0.05) is 25.1 Å². The van der Waals surface area contributed by atoms with Crippen LogP contribution in [0.4, 0.5) is 11.8 Å². The van der Waals surface area contributed by atoms with Gasteiger partial charge in [-0.2, -0.15) is 4.98 Å². The van der Waals surface area contributed by atoms with E-state index in [4.69, 9.17) is 10.5 Å². The fraction of sp³-hybridized carbons (Fsp3) is 0.538. The highest BCUT2D eigenvalue weighted by Crippen LogP contribution is 2.32. The molecule has 1 aliphatic rings. The van der Waals surface area contributed by atoms with Gasteiger partial charge in [-0.3, -0.25) is 0 Å². The first-order valence-electron chi connectivity index (χ1n) is 6.49. The number of aryl methyl sites for hydroxylation is 1. The molecular formula is C13H18N4OS. The number of nitrogens with zero attached hydrogens (tertiary/aromatic N) is 3. The van der Waals surface area contributed by atoms with E-state index >= 15 is 0 Å². The summed E-state index contributed by atoms with van der Waals surface area (Å²) >= 11 is 1.66. The minimum Gasteiger partial charge on any atom is -0.380 e. The molecule has 5 nitrogen and oxygen atoms in total. The summed E-state index contributed by atoms with van der Waals surface area (Å²) in [6.07, 6.45) is 2.51. The second-order valence-electron chi connectivity index (χ2n) is 4.93. The minimum atomic E-state index is 0.278. The predicted molar refractivity (Wildman–Crippen MR) is 78.8 cm³/mol. The third-order valence-corrected chi connectivity index (χ3v) is 4.47. The molecule has 0 bridgehead atoms. The number of hydrogen-bond acceptors (Lipinski definition) is 6. The maximum absolute atomic E-state index is 5.83. The molecule has 1 unspecified atom stereocenters. The van der Waals surface area contributed by atoms with E-state index in [1.807, 2.05) is 0 Å². The molecule has 2 aromatic heterocycles. The van der Waals surface area contributed by atoms with Gasteiger partial charge in [0.05, 0.1) is 11.5 Å². The summed E-state index contributed by atoms with van der Waals surface area (Å²) in [4.78, 5) is 13.2. The Balaban J connectivity index is 2.03. The molecule has 19 heavy (non-hydrogen) atoms. The van der Waals surface area contributed by atoms with Crippen molar-refractivity contribution in [2.45, 2.75) is 25.9 Å². The summed E-state index contributed by atoms with van der Waals surface area (Å²) < 4.78 is 5.48. The standard InChI is InChI=1S/C13H18N4OS/c1-8-6-10-11(15-13(14)16-12(10)19-8)17-5-3-4-9(7-17)18-2/h6,9H,3-5,7H2,1-2H3,(H2,14,15,16). The van der Waals surface area contributed by atoms with Crippen molar-refractivity contribution >= 4 is 33.3 Å². The highest BCUT2D eigenvalue weighted by Gasteiger charge is 2.23. The van der Waals surface area contributed by atoms with Crippen LogP contribution in [-0.2, 0) is 4.74 Å². The normalized spacial score (nSPS) is 20.1. The highest BCUT2D eigenvalue weighted by molar-refractivity contribution is 7.18. The molecule has 2 aromatic rings. The van der Waals surface area contributed by atoms with Gasteiger partial charge in [0.15, 0.2) is 0 Å². The average Bonchev–Trinajstić information content (AvgIpc) is 2.78. The quantitative estimate of drug-likeness (QED) is 0.912. The van der Waals surface area contributed by atoms with E-state index in [-0.39, 0.29) is 6.10 Å². The highest BCUT2D eigenvalue weighted by atomic mass is 32.1. The van der Waals surface area contributed by atoms with Gasteiger partial charge in [0.25, 0.3) is 0 Å². The van der Waals surface area contributed by atoms with Crippen molar-refractivity contribution in [1.82, 2.24) is 9.97 Å². The molecule has 0 spiro atoms. The molecule has 1 saturated heterocycles. The van der Waals surface area contributed by atoms with Crippen LogP contribution in [0.25, 0.3) is 10.2 Å². The summed E-state index contributed by atoms with van der Waals surface area (Å²) in [7, 11) is 1.77. The van der Waals surface area contributed by atoms with Gasteiger partial charge < -0.3 is 15.4 Å². The van der Waals surface area contributed by atoms with Gasteiger partial charge >= 0.3 is 0 Å². The zero-order valence-electron chi connectivity index (χ0n) is 11.2. The first-order valence-corrected chi connectivity index (χ1v) is 7.30. The first kappa shape index (κ1) is 12.6. The van der Waals surface area contributed by atoms with Gasteiger partial charge in [0.1, 0.15) is 10.6 Å². The molecule has 2 N–H and O–H groups in total. The van der Waals surface area contributed by atoms with Crippen LogP contribution in [0.5, 0.6) is 0 Å². The van der Waals surface area contributed by atoms with Gasteiger partial charge in [-0.1, -0.05) is 0 Å². The summed E-state index contributed by atoms with van der Waals surface area (Å²) in [5.74, 6) is 1.30. The van der Waals surface area contributed by atoms with Crippen LogP contribution in [-0.4, -0.2) is 36.3 Å². The molecule has 1 aliphatic heterocycles. The first-order chi connectivity index (χ1) is 9.17. The van der Waals surface area contributed by atoms with Crippen molar-refractivity contribution in [3.8, 4) is 0 Å². The van der Waals surface area contributed by atoms with Gasteiger partial charge in [-0.25, -0.2) is 4.98 Å². The number of methoxy groups -OCH3 is 1. The third-order valence-electron chi connectivity index (χ3n) is 3.52. The zero-order valence-corrected chi connectivity index (χ0v) is 12.0. The topological polar surface area (TPSA) is 64.3 Å². The number of fused-ring (bicyclic) bond motifs is 1. The van der Waals surface area contributed by atoms with E-state index in [0.29, 0.717) is 5.95 Å². The molecule has 102 valence electrons. The van der Waals surface area contributed by atoms with Gasteiger partial charge in [-0.15, -0.1) is 11.3 Å². The Bertz CT molecular complexity index is 598. The van der Waals surface area contributed by atoms with Crippen LogP contribution >= 0.6 is 11.3 Å². The predicted octanol–water partition coefficient (Wildman–Crippen LogP) is 2.20. The van der Waals surface area contributed by atoms with Crippen molar-refractivity contribution in [3.63, 3.8) is 0 Å². The molecule has 0 radical (unpaired) electrons. The second kappa shape index (κ2) is 4.94. The number of rotatable bonds is 2. The summed E-state index contributed by atoms with van der Waals surface area (Å²) in [6.45, 7) is 3.96. The van der Waals surface area contributed by atoms with Crippen molar-refractivity contribution in [2.24, 2.45) is 0 Å². The fourth-order valence-electron chi connectivity index (χ4n) is 2.61. The Morgan fingerprint density at radius 3 is 3.11 bits per heavy atom. The Morgan fingerprint density at radius 1 is 1.47 bits per heavy atom. The SMILES string of the molecule is COC1CCCN(c2nc(N)nc3sc(C)cc23)C1. The van der Waals surface area contributed by atoms with Crippen molar-refractivity contribution < 1.29 is 4.74 Å². The smallest absolute Gasteiger partial charge is 0.223 e. The van der Waals surface area contributed by atoms with Gasteiger partial charge in [-0.05, 0) is 25.8 Å². The Kier molecular flexibility index (Phi) is 3.28. The van der Waals surface area contributed by atoms with Crippen LogP contribution in [0, 0.1) is 6.92 Å². The zero-order chi connectivity index (χ0) is 13.4. The number of nitrogens with two attached hydrogens (primary N) is 1. The van der Waals surface area contributed by atoms with E-state index < -0.39 is 0 Å². The lowest BCUT2D eigenvalue weighted by Crippen LogP contribution is -2.39. The maximum atomic E-state index is 5.83. The van der Waals surface area contributed by atoms with E-state index in [1.165, 1.54) is 4.88 Å². The van der Waals surface area contributed by atoms with Gasteiger partial charge in [0.2, 0.25) is 5.95 Å². The number of nitrogen functional groups attached to an aromatic ring is 1. The summed E-state index contributed by atoms with van der Waals surface area (Å²) in [6, 6.07) is 2.14. The molecule has 0 amide bonds. The molecule has 0 saturated carbocycles. The lowest BCUT2D eigenvalue weighted by Gasteiger charge is -2.33. The summed E-state index contributed by atoms with van der Waals surface area (Å²) in [5, 5.41) is 1.11. The molecule has 0 aliphatic carbocycles. The number of aromatic nitrogens is 2. The Labute approximate surface area is 116 Å². The maximum Gasteiger partial charge on any atom is 0.223 e. The number of hydrogen-bond donors (Lipinski definition) is 1. The largest absolute Gasteiger partial charge is 0.380 e. The molecule has 3 heterocycles. The molecule has 1 atom stereocenters. The van der Waals surface area contributed by atoms with Crippen LogP contribution in [0.1, 0.15) is 17.7 Å². The Morgan fingerprint density at radius 2 is 2.32 bits per heavy atom.